The van der Waals surface area contributed by atoms with Crippen LogP contribution in [0.3, 0.4) is 0 Å². The maximum Gasteiger partial charge on any atom is 0.115 e. The fourth-order valence-electron chi connectivity index (χ4n) is 3.59. The minimum absolute atomic E-state index is 0.366. The first-order chi connectivity index (χ1) is 8.70. The smallest absolute Gasteiger partial charge is 0.115 e. The van der Waals surface area contributed by atoms with Crippen molar-refractivity contribution in [2.45, 2.75) is 32.2 Å². The van der Waals surface area contributed by atoms with Crippen molar-refractivity contribution in [3.63, 3.8) is 0 Å². The molecule has 0 spiro atoms. The van der Waals surface area contributed by atoms with E-state index < -0.39 is 0 Å². The molecule has 1 heterocycles. The maximum atomic E-state index is 9.59. The second-order valence-corrected chi connectivity index (χ2v) is 6.72. The lowest BCUT2D eigenvalue weighted by Crippen LogP contribution is -2.42. The standard InChI is InChI=1S/C15H20BrNO/c16-15-5-4-14(18)7-13(15)10-17-8-11-2-1-3-12(6-11)9-17/h4-5,7,11-12,18H,1-3,6,8-10H2. The first-order valence-corrected chi connectivity index (χ1v) is 7.70. The van der Waals surface area contributed by atoms with Gasteiger partial charge in [0, 0.05) is 24.1 Å². The highest BCUT2D eigenvalue weighted by Crippen LogP contribution is 2.35. The van der Waals surface area contributed by atoms with Crippen LogP contribution in [-0.2, 0) is 6.54 Å². The Bertz CT molecular complexity index is 423. The van der Waals surface area contributed by atoms with Gasteiger partial charge >= 0.3 is 0 Å². The molecule has 1 saturated heterocycles. The van der Waals surface area contributed by atoms with Crippen molar-refractivity contribution in [1.82, 2.24) is 4.90 Å². The van der Waals surface area contributed by atoms with Gasteiger partial charge in [0.05, 0.1) is 0 Å². The second-order valence-electron chi connectivity index (χ2n) is 5.87. The Hall–Kier alpha value is -0.540. The van der Waals surface area contributed by atoms with Crippen molar-refractivity contribution in [2.75, 3.05) is 13.1 Å². The van der Waals surface area contributed by atoms with E-state index in [0.717, 1.165) is 22.9 Å². The third kappa shape index (κ3) is 2.72. The summed E-state index contributed by atoms with van der Waals surface area (Å²) in [7, 11) is 0. The Labute approximate surface area is 117 Å². The number of phenolic OH excluding ortho intramolecular Hbond substituents is 1. The molecule has 1 aromatic rings. The molecule has 1 saturated carbocycles. The van der Waals surface area contributed by atoms with Crippen LogP contribution in [0.15, 0.2) is 22.7 Å². The van der Waals surface area contributed by atoms with Crippen molar-refractivity contribution in [1.29, 1.82) is 0 Å². The lowest BCUT2D eigenvalue weighted by molar-refractivity contribution is 0.0806. The topological polar surface area (TPSA) is 23.5 Å². The van der Waals surface area contributed by atoms with Crippen LogP contribution in [0.2, 0.25) is 0 Å². The average molecular weight is 310 g/mol. The molecule has 2 aliphatic rings. The predicted octanol–water partition coefficient (Wildman–Crippen LogP) is 3.78. The zero-order chi connectivity index (χ0) is 12.5. The van der Waals surface area contributed by atoms with Crippen LogP contribution in [0, 0.1) is 11.8 Å². The summed E-state index contributed by atoms with van der Waals surface area (Å²) in [6, 6.07) is 5.56. The first-order valence-electron chi connectivity index (χ1n) is 6.90. The molecule has 18 heavy (non-hydrogen) atoms. The lowest BCUT2D eigenvalue weighted by atomic mass is 9.78. The maximum absolute atomic E-state index is 9.59. The summed E-state index contributed by atoms with van der Waals surface area (Å²) in [6.07, 6.45) is 5.69. The Balaban J connectivity index is 1.70. The fourth-order valence-corrected chi connectivity index (χ4v) is 3.96. The van der Waals surface area contributed by atoms with Crippen molar-refractivity contribution < 1.29 is 5.11 Å². The summed E-state index contributed by atoms with van der Waals surface area (Å²) in [6.45, 7) is 3.43. The Kier molecular flexibility index (Phi) is 3.62. The monoisotopic (exact) mass is 309 g/mol. The minimum atomic E-state index is 0.366. The molecule has 2 unspecified atom stereocenters. The predicted molar refractivity (Wildman–Crippen MR) is 76.5 cm³/mol. The Morgan fingerprint density at radius 3 is 2.67 bits per heavy atom. The molecule has 98 valence electrons. The molecular weight excluding hydrogens is 290 g/mol. The summed E-state index contributed by atoms with van der Waals surface area (Å²) < 4.78 is 1.11. The van der Waals surface area contributed by atoms with Gasteiger partial charge in [-0.1, -0.05) is 22.4 Å². The number of aromatic hydroxyl groups is 1. The molecule has 1 aliphatic carbocycles. The van der Waals surface area contributed by atoms with Crippen molar-refractivity contribution in [2.24, 2.45) is 11.8 Å². The molecule has 1 aliphatic heterocycles. The molecule has 2 bridgehead atoms. The van der Waals surface area contributed by atoms with Gasteiger partial charge in [-0.2, -0.15) is 0 Å². The number of hydrogen-bond acceptors (Lipinski definition) is 2. The molecule has 3 heteroatoms. The van der Waals surface area contributed by atoms with E-state index in [4.69, 9.17) is 0 Å². The number of fused-ring (bicyclic) bond motifs is 2. The molecule has 0 aromatic heterocycles. The quantitative estimate of drug-likeness (QED) is 0.898. The molecule has 0 amide bonds. The van der Waals surface area contributed by atoms with Crippen LogP contribution >= 0.6 is 15.9 Å². The van der Waals surface area contributed by atoms with Gasteiger partial charge in [0.2, 0.25) is 0 Å². The number of phenols is 1. The molecule has 2 fully saturated rings. The molecule has 1 aromatic carbocycles. The molecule has 0 radical (unpaired) electrons. The van der Waals surface area contributed by atoms with Crippen LogP contribution in [0.1, 0.15) is 31.2 Å². The number of benzene rings is 1. The average Bonchev–Trinajstić information content (AvgIpc) is 2.33. The summed E-state index contributed by atoms with van der Waals surface area (Å²) >= 11 is 3.58. The van der Waals surface area contributed by atoms with E-state index >= 15 is 0 Å². The normalized spacial score (nSPS) is 28.3. The molecule has 1 N–H and O–H groups in total. The van der Waals surface area contributed by atoms with Gasteiger partial charge in [-0.3, -0.25) is 4.90 Å². The van der Waals surface area contributed by atoms with E-state index in [1.165, 1.54) is 44.3 Å². The van der Waals surface area contributed by atoms with E-state index in [1.807, 2.05) is 12.1 Å². The molecule has 2 nitrogen and oxygen atoms in total. The summed E-state index contributed by atoms with van der Waals surface area (Å²) in [5, 5.41) is 9.59. The first kappa shape index (κ1) is 12.5. The highest BCUT2D eigenvalue weighted by Gasteiger charge is 2.30. The van der Waals surface area contributed by atoms with E-state index in [1.54, 1.807) is 6.07 Å². The summed E-state index contributed by atoms with van der Waals surface area (Å²) in [5.74, 6) is 2.19. The highest BCUT2D eigenvalue weighted by molar-refractivity contribution is 9.10. The van der Waals surface area contributed by atoms with Crippen LogP contribution in [-0.4, -0.2) is 23.1 Å². The zero-order valence-electron chi connectivity index (χ0n) is 10.6. The number of halogens is 1. The number of likely N-dealkylation sites (tertiary alicyclic amines) is 1. The molecule has 3 rings (SSSR count). The van der Waals surface area contributed by atoms with Gasteiger partial charge < -0.3 is 5.11 Å². The number of piperidine rings is 1. The molecule has 2 atom stereocenters. The Morgan fingerprint density at radius 2 is 1.94 bits per heavy atom. The van der Waals surface area contributed by atoms with Gasteiger partial charge in [-0.25, -0.2) is 0 Å². The van der Waals surface area contributed by atoms with Gasteiger partial charge in [-0.15, -0.1) is 0 Å². The van der Waals surface area contributed by atoms with E-state index in [9.17, 15) is 5.11 Å². The van der Waals surface area contributed by atoms with E-state index in [2.05, 4.69) is 20.8 Å². The SMILES string of the molecule is Oc1ccc(Br)c(CN2CC3CCCC(C3)C2)c1. The number of rotatable bonds is 2. The van der Waals surface area contributed by atoms with Crippen molar-refractivity contribution in [3.05, 3.63) is 28.2 Å². The van der Waals surface area contributed by atoms with Crippen molar-refractivity contribution >= 4 is 15.9 Å². The zero-order valence-corrected chi connectivity index (χ0v) is 12.2. The summed E-state index contributed by atoms with van der Waals surface area (Å²) in [4.78, 5) is 2.57. The second kappa shape index (κ2) is 5.22. The van der Waals surface area contributed by atoms with Crippen LogP contribution in [0.5, 0.6) is 5.75 Å². The van der Waals surface area contributed by atoms with Gasteiger partial charge in [0.25, 0.3) is 0 Å². The van der Waals surface area contributed by atoms with E-state index in [-0.39, 0.29) is 0 Å². The van der Waals surface area contributed by atoms with Crippen LogP contribution in [0.4, 0.5) is 0 Å². The molecular formula is C15H20BrNO. The van der Waals surface area contributed by atoms with Gasteiger partial charge in [-0.05, 0) is 54.9 Å². The van der Waals surface area contributed by atoms with Crippen LogP contribution < -0.4 is 0 Å². The third-order valence-electron chi connectivity index (χ3n) is 4.35. The number of nitrogens with zero attached hydrogens (tertiary/aromatic N) is 1. The lowest BCUT2D eigenvalue weighted by Gasteiger charge is -2.41. The number of hydrogen-bond donors (Lipinski definition) is 1. The van der Waals surface area contributed by atoms with Gasteiger partial charge in [0.15, 0.2) is 0 Å². The van der Waals surface area contributed by atoms with Crippen LogP contribution in [0.25, 0.3) is 0 Å². The fraction of sp³-hybridized carbons (Fsp3) is 0.600. The highest BCUT2D eigenvalue weighted by atomic mass is 79.9. The van der Waals surface area contributed by atoms with E-state index in [0.29, 0.717) is 5.75 Å². The van der Waals surface area contributed by atoms with Crippen molar-refractivity contribution in [3.8, 4) is 5.75 Å². The minimum Gasteiger partial charge on any atom is -0.508 e. The third-order valence-corrected chi connectivity index (χ3v) is 5.12. The Morgan fingerprint density at radius 1 is 1.22 bits per heavy atom. The van der Waals surface area contributed by atoms with Gasteiger partial charge in [0.1, 0.15) is 5.75 Å². The summed E-state index contributed by atoms with van der Waals surface area (Å²) in [5.41, 5.74) is 1.20. The largest absolute Gasteiger partial charge is 0.508 e.